The van der Waals surface area contributed by atoms with Gasteiger partial charge in [0.05, 0.1) is 10.7 Å². The number of nitrogens with zero attached hydrogens (tertiary/aromatic N) is 2. The van der Waals surface area contributed by atoms with Crippen LogP contribution in [0.1, 0.15) is 58.3 Å². The molecule has 0 radical (unpaired) electrons. The van der Waals surface area contributed by atoms with Gasteiger partial charge in [0.15, 0.2) is 0 Å². The van der Waals surface area contributed by atoms with Crippen LogP contribution in [0.5, 0.6) is 0 Å². The molecule has 22 heavy (non-hydrogen) atoms. The van der Waals surface area contributed by atoms with Gasteiger partial charge in [-0.15, -0.1) is 0 Å². The predicted molar refractivity (Wildman–Crippen MR) is 94.8 cm³/mol. The Labute approximate surface area is 134 Å². The summed E-state index contributed by atoms with van der Waals surface area (Å²) in [5.41, 5.74) is 6.41. The van der Waals surface area contributed by atoms with Crippen molar-refractivity contribution in [3.63, 3.8) is 0 Å². The van der Waals surface area contributed by atoms with Crippen LogP contribution in [0, 0.1) is 18.3 Å². The zero-order chi connectivity index (χ0) is 16.3. The number of allylic oxidation sites excluding steroid dienone is 1. The molecule has 1 saturated carbocycles. The van der Waals surface area contributed by atoms with Gasteiger partial charge in [-0.2, -0.15) is 0 Å². The van der Waals surface area contributed by atoms with Gasteiger partial charge in [-0.05, 0) is 57.1 Å². The topological polar surface area (TPSA) is 43.8 Å². The molecule has 1 aliphatic rings. The van der Waals surface area contributed by atoms with E-state index in [1.807, 2.05) is 13.0 Å². The Balaban J connectivity index is 2.53. The Morgan fingerprint density at radius 2 is 2.18 bits per heavy atom. The molecule has 0 amide bonds. The predicted octanol–water partition coefficient (Wildman–Crippen LogP) is 2.67. The second kappa shape index (κ2) is 6.82. The molecular weight excluding hydrogens is 270 g/mol. The highest BCUT2D eigenvalue weighted by molar-refractivity contribution is 5.35. The van der Waals surface area contributed by atoms with Gasteiger partial charge < -0.3 is 10.3 Å². The first-order valence-corrected chi connectivity index (χ1v) is 8.52. The largest absolute Gasteiger partial charge is 0.330 e. The van der Waals surface area contributed by atoms with E-state index >= 15 is 0 Å². The van der Waals surface area contributed by atoms with Crippen LogP contribution in [0.3, 0.4) is 0 Å². The van der Waals surface area contributed by atoms with Crippen LogP contribution in [0.2, 0.25) is 0 Å². The first kappa shape index (κ1) is 17.0. The number of rotatable bonds is 4. The molecule has 122 valence electrons. The summed E-state index contributed by atoms with van der Waals surface area (Å²) in [6.45, 7) is 13.5. The summed E-state index contributed by atoms with van der Waals surface area (Å²) in [7, 11) is 0. The number of hydrogen-bond acceptors (Lipinski definition) is 2. The minimum absolute atomic E-state index is 0.380. The van der Waals surface area contributed by atoms with Crippen molar-refractivity contribution in [2.24, 2.45) is 17.1 Å². The molecule has 0 bridgehead atoms. The quantitative estimate of drug-likeness (QED) is 0.929. The monoisotopic (exact) mass is 301 g/mol. The fourth-order valence-corrected chi connectivity index (χ4v) is 4.10. The summed E-state index contributed by atoms with van der Waals surface area (Å²) in [6, 6.07) is 0.486. The normalized spacial score (nSPS) is 30.8. The van der Waals surface area contributed by atoms with E-state index < -0.39 is 0 Å². The molecule has 1 heterocycles. The molecular formula is C19H31N3. The van der Waals surface area contributed by atoms with E-state index in [9.17, 15) is 0 Å². The van der Waals surface area contributed by atoms with Gasteiger partial charge >= 0.3 is 0 Å². The lowest BCUT2D eigenvalue weighted by Gasteiger charge is -2.42. The number of nitrogens with two attached hydrogens (primary N) is 1. The van der Waals surface area contributed by atoms with E-state index in [0.29, 0.717) is 17.4 Å². The minimum Gasteiger partial charge on any atom is -0.330 e. The molecule has 3 nitrogen and oxygen atoms in total. The summed E-state index contributed by atoms with van der Waals surface area (Å²) in [5, 5.41) is 2.25. The molecule has 3 heteroatoms. The number of hydrogen-bond donors (Lipinski definition) is 1. The maximum atomic E-state index is 6.03. The maximum absolute atomic E-state index is 6.03. The van der Waals surface area contributed by atoms with Gasteiger partial charge in [0.2, 0.25) is 0 Å². The molecule has 1 aromatic rings. The standard InChI is InChI=1S/C19H31N3/c1-6-9-18-17(7-2)21-14(4)22(18)16-10-15(13-20)11-19(5,8-3)12-16/h6-7,9,15-16H,1,8,10-13,20H2,2-5H3/b17-7+,18-9+. The highest BCUT2D eigenvalue weighted by Gasteiger charge is 2.36. The second-order valence-electron chi connectivity index (χ2n) is 7.05. The summed E-state index contributed by atoms with van der Waals surface area (Å²) < 4.78 is 2.42. The van der Waals surface area contributed by atoms with Crippen molar-refractivity contribution < 1.29 is 0 Å². The molecule has 1 fully saturated rings. The Kier molecular flexibility index (Phi) is 5.28. The first-order chi connectivity index (χ1) is 10.5. The van der Waals surface area contributed by atoms with E-state index in [1.165, 1.54) is 24.6 Å². The second-order valence-corrected chi connectivity index (χ2v) is 7.05. The molecule has 1 aliphatic carbocycles. The zero-order valence-corrected chi connectivity index (χ0v) is 14.6. The van der Waals surface area contributed by atoms with Crippen molar-refractivity contribution in [3.05, 3.63) is 29.2 Å². The summed E-state index contributed by atoms with van der Waals surface area (Å²) >= 11 is 0. The smallest absolute Gasteiger partial charge is 0.106 e. The van der Waals surface area contributed by atoms with Crippen molar-refractivity contribution in [2.45, 2.75) is 59.4 Å². The number of aryl methyl sites for hydroxylation is 1. The van der Waals surface area contributed by atoms with Gasteiger partial charge in [0.1, 0.15) is 5.82 Å². The molecule has 0 aromatic carbocycles. The fraction of sp³-hybridized carbons (Fsp3) is 0.632. The van der Waals surface area contributed by atoms with Gasteiger partial charge in [0, 0.05) is 6.04 Å². The molecule has 3 atom stereocenters. The van der Waals surface area contributed by atoms with E-state index in [1.54, 1.807) is 0 Å². The van der Waals surface area contributed by atoms with Crippen molar-refractivity contribution in [1.29, 1.82) is 0 Å². The van der Waals surface area contributed by atoms with Crippen LogP contribution in [-0.2, 0) is 0 Å². The average Bonchev–Trinajstić information content (AvgIpc) is 2.83. The molecule has 0 aliphatic heterocycles. The Bertz CT molecular complexity index is 640. The molecule has 3 unspecified atom stereocenters. The lowest BCUT2D eigenvalue weighted by atomic mass is 9.67. The van der Waals surface area contributed by atoms with E-state index in [0.717, 1.165) is 24.1 Å². The lowest BCUT2D eigenvalue weighted by molar-refractivity contribution is 0.107. The van der Waals surface area contributed by atoms with Crippen LogP contribution in [-0.4, -0.2) is 16.1 Å². The van der Waals surface area contributed by atoms with Crippen molar-refractivity contribution in [2.75, 3.05) is 6.54 Å². The van der Waals surface area contributed by atoms with Crippen molar-refractivity contribution in [1.82, 2.24) is 9.55 Å². The Morgan fingerprint density at radius 1 is 1.45 bits per heavy atom. The minimum atomic E-state index is 0.380. The fourth-order valence-electron chi connectivity index (χ4n) is 4.10. The third kappa shape index (κ3) is 3.19. The average molecular weight is 301 g/mol. The van der Waals surface area contributed by atoms with Crippen LogP contribution in [0.25, 0.3) is 12.2 Å². The van der Waals surface area contributed by atoms with Gasteiger partial charge in [-0.1, -0.05) is 39.0 Å². The maximum Gasteiger partial charge on any atom is 0.106 e. The molecule has 2 N–H and O–H groups in total. The highest BCUT2D eigenvalue weighted by Crippen LogP contribution is 2.45. The summed E-state index contributed by atoms with van der Waals surface area (Å²) in [6.07, 6.45) is 10.9. The van der Waals surface area contributed by atoms with Crippen molar-refractivity contribution in [3.8, 4) is 0 Å². The summed E-state index contributed by atoms with van der Waals surface area (Å²) in [5.74, 6) is 1.71. The van der Waals surface area contributed by atoms with E-state index in [-0.39, 0.29) is 0 Å². The zero-order valence-electron chi connectivity index (χ0n) is 14.6. The highest BCUT2D eigenvalue weighted by atomic mass is 15.1. The summed E-state index contributed by atoms with van der Waals surface area (Å²) in [4.78, 5) is 4.74. The van der Waals surface area contributed by atoms with Crippen LogP contribution < -0.4 is 16.4 Å². The van der Waals surface area contributed by atoms with Crippen LogP contribution in [0.4, 0.5) is 0 Å². The SMILES string of the molecule is C=C/C=c1\c(=C/C)nc(C)n1C1CC(CN)CC(C)(CC)C1. The van der Waals surface area contributed by atoms with Crippen LogP contribution in [0.15, 0.2) is 12.7 Å². The van der Waals surface area contributed by atoms with E-state index in [2.05, 4.69) is 44.1 Å². The number of imidazole rings is 1. The van der Waals surface area contributed by atoms with Gasteiger partial charge in [-0.25, -0.2) is 4.98 Å². The molecule has 1 aromatic heterocycles. The van der Waals surface area contributed by atoms with Crippen molar-refractivity contribution >= 4 is 12.2 Å². The Morgan fingerprint density at radius 3 is 2.73 bits per heavy atom. The molecule has 0 spiro atoms. The molecule has 2 rings (SSSR count). The third-order valence-corrected chi connectivity index (χ3v) is 5.37. The number of aromatic nitrogens is 2. The first-order valence-electron chi connectivity index (χ1n) is 8.52. The van der Waals surface area contributed by atoms with Gasteiger partial charge in [0.25, 0.3) is 0 Å². The van der Waals surface area contributed by atoms with E-state index in [4.69, 9.17) is 10.7 Å². The van der Waals surface area contributed by atoms with Gasteiger partial charge in [-0.3, -0.25) is 0 Å². The lowest BCUT2D eigenvalue weighted by Crippen LogP contribution is -2.40. The molecule has 0 saturated heterocycles. The van der Waals surface area contributed by atoms with Crippen LogP contribution >= 0.6 is 0 Å². The third-order valence-electron chi connectivity index (χ3n) is 5.37. The Hall–Kier alpha value is -1.35.